The van der Waals surface area contributed by atoms with E-state index in [-0.39, 0.29) is 0 Å². The van der Waals surface area contributed by atoms with Crippen LogP contribution in [-0.2, 0) is 13.0 Å². The van der Waals surface area contributed by atoms with E-state index < -0.39 is 0 Å². The Bertz CT molecular complexity index is 488. The van der Waals surface area contributed by atoms with Crippen LogP contribution in [0.4, 0.5) is 0 Å². The van der Waals surface area contributed by atoms with Crippen LogP contribution in [0, 0.1) is 6.92 Å². The summed E-state index contributed by atoms with van der Waals surface area (Å²) in [7, 11) is 0. The number of aldehydes is 1. The quantitative estimate of drug-likeness (QED) is 0.732. The van der Waals surface area contributed by atoms with Crippen molar-refractivity contribution in [3.8, 4) is 0 Å². The first kappa shape index (κ1) is 10.6. The van der Waals surface area contributed by atoms with Crippen molar-refractivity contribution in [2.24, 2.45) is 0 Å². The third-order valence-corrected chi connectivity index (χ3v) is 2.59. The largest absolute Gasteiger partial charge is 0.328 e. The monoisotopic (exact) mass is 214 g/mol. The number of hydrogen-bond acceptors (Lipinski definition) is 2. The molecule has 0 saturated carbocycles. The molecular formula is C13H14N2O. The molecule has 0 unspecified atom stereocenters. The number of rotatable bonds is 4. The first-order valence-corrected chi connectivity index (χ1v) is 5.30. The second-order valence-corrected chi connectivity index (χ2v) is 3.87. The second kappa shape index (κ2) is 4.75. The normalized spacial score (nSPS) is 10.3. The molecule has 82 valence electrons. The van der Waals surface area contributed by atoms with Gasteiger partial charge >= 0.3 is 0 Å². The van der Waals surface area contributed by atoms with E-state index in [1.54, 1.807) is 12.5 Å². The predicted molar refractivity (Wildman–Crippen MR) is 62.5 cm³/mol. The summed E-state index contributed by atoms with van der Waals surface area (Å²) in [4.78, 5) is 14.6. The lowest BCUT2D eigenvalue weighted by molar-refractivity contribution is 0.111. The van der Waals surface area contributed by atoms with Gasteiger partial charge in [-0.3, -0.25) is 4.79 Å². The van der Waals surface area contributed by atoms with Gasteiger partial charge in [0.05, 0.1) is 12.5 Å². The number of carbonyl (C=O) groups excluding carboxylic acids is 1. The van der Waals surface area contributed by atoms with Crippen LogP contribution in [-0.4, -0.2) is 15.8 Å². The fraction of sp³-hybridized carbons (Fsp3) is 0.231. The molecule has 0 saturated heterocycles. The molecule has 1 heterocycles. The molecule has 16 heavy (non-hydrogen) atoms. The minimum Gasteiger partial charge on any atom is -0.328 e. The summed E-state index contributed by atoms with van der Waals surface area (Å²) < 4.78 is 1.87. The summed E-state index contributed by atoms with van der Waals surface area (Å²) in [6, 6.07) is 8.40. The molecule has 0 atom stereocenters. The Morgan fingerprint density at radius 3 is 3.06 bits per heavy atom. The third kappa shape index (κ3) is 2.37. The highest BCUT2D eigenvalue weighted by Gasteiger charge is 2.00. The van der Waals surface area contributed by atoms with Crippen molar-refractivity contribution in [3.63, 3.8) is 0 Å². The van der Waals surface area contributed by atoms with Crippen molar-refractivity contribution < 1.29 is 4.79 Å². The van der Waals surface area contributed by atoms with Crippen molar-refractivity contribution in [2.45, 2.75) is 19.9 Å². The van der Waals surface area contributed by atoms with E-state index in [4.69, 9.17) is 0 Å². The van der Waals surface area contributed by atoms with E-state index in [1.165, 1.54) is 11.1 Å². The van der Waals surface area contributed by atoms with Gasteiger partial charge in [-0.2, -0.15) is 0 Å². The lowest BCUT2D eigenvalue weighted by Gasteiger charge is -2.05. The molecule has 0 bridgehead atoms. The Balaban J connectivity index is 2.05. The molecule has 0 spiro atoms. The van der Waals surface area contributed by atoms with Crippen LogP contribution < -0.4 is 0 Å². The molecule has 0 amide bonds. The number of hydrogen-bond donors (Lipinski definition) is 0. The first-order valence-electron chi connectivity index (χ1n) is 5.30. The summed E-state index contributed by atoms with van der Waals surface area (Å²) in [5.74, 6) is 0. The van der Waals surface area contributed by atoms with Gasteiger partial charge in [-0.15, -0.1) is 0 Å². The molecule has 3 heteroatoms. The van der Waals surface area contributed by atoms with Gasteiger partial charge in [0.15, 0.2) is 6.29 Å². The molecule has 2 aromatic rings. The Kier molecular flexibility index (Phi) is 3.15. The minimum atomic E-state index is 0.632. The zero-order valence-electron chi connectivity index (χ0n) is 9.26. The van der Waals surface area contributed by atoms with E-state index in [9.17, 15) is 4.79 Å². The number of imidazole rings is 1. The highest BCUT2D eigenvalue weighted by Crippen LogP contribution is 2.06. The second-order valence-electron chi connectivity index (χ2n) is 3.87. The fourth-order valence-electron chi connectivity index (χ4n) is 1.73. The molecule has 0 aliphatic heterocycles. The van der Waals surface area contributed by atoms with Crippen LogP contribution in [0.15, 0.2) is 36.8 Å². The molecule has 1 aromatic carbocycles. The Morgan fingerprint density at radius 1 is 1.44 bits per heavy atom. The van der Waals surface area contributed by atoms with Crippen molar-refractivity contribution >= 4 is 6.29 Å². The van der Waals surface area contributed by atoms with Crippen molar-refractivity contribution in [2.75, 3.05) is 0 Å². The van der Waals surface area contributed by atoms with Crippen LogP contribution in [0.2, 0.25) is 0 Å². The molecule has 3 nitrogen and oxygen atoms in total. The number of aryl methyl sites for hydroxylation is 3. The fourth-order valence-corrected chi connectivity index (χ4v) is 1.73. The maximum Gasteiger partial charge on any atom is 0.168 e. The van der Waals surface area contributed by atoms with Gasteiger partial charge in [0.25, 0.3) is 0 Å². The summed E-state index contributed by atoms with van der Waals surface area (Å²) in [5, 5.41) is 0. The maximum atomic E-state index is 10.7. The van der Waals surface area contributed by atoms with Gasteiger partial charge in [-0.05, 0) is 18.9 Å². The molecule has 0 aliphatic rings. The Hall–Kier alpha value is -1.90. The Labute approximate surface area is 94.7 Å². The molecule has 0 fully saturated rings. The molecule has 1 aromatic heterocycles. The van der Waals surface area contributed by atoms with E-state index in [2.05, 4.69) is 36.2 Å². The minimum absolute atomic E-state index is 0.632. The van der Waals surface area contributed by atoms with Crippen LogP contribution in [0.1, 0.15) is 21.6 Å². The average Bonchev–Trinajstić information content (AvgIpc) is 2.74. The summed E-state index contributed by atoms with van der Waals surface area (Å²) in [6.45, 7) is 2.87. The molecule has 0 radical (unpaired) electrons. The van der Waals surface area contributed by atoms with Gasteiger partial charge in [-0.1, -0.05) is 29.8 Å². The van der Waals surface area contributed by atoms with Gasteiger partial charge in [0.2, 0.25) is 0 Å². The van der Waals surface area contributed by atoms with Crippen molar-refractivity contribution in [1.82, 2.24) is 9.55 Å². The standard InChI is InChI=1S/C13H14N2O/c1-11-3-2-4-12(7-11)5-6-15-10-14-8-13(15)9-16/h2-4,7-10H,5-6H2,1H3. The van der Waals surface area contributed by atoms with Crippen LogP contribution >= 0.6 is 0 Å². The van der Waals surface area contributed by atoms with Crippen LogP contribution in [0.5, 0.6) is 0 Å². The smallest absolute Gasteiger partial charge is 0.168 e. The zero-order valence-corrected chi connectivity index (χ0v) is 9.26. The topological polar surface area (TPSA) is 34.9 Å². The number of carbonyl (C=O) groups is 1. The lowest BCUT2D eigenvalue weighted by atomic mass is 10.1. The maximum absolute atomic E-state index is 10.7. The van der Waals surface area contributed by atoms with Crippen LogP contribution in [0.25, 0.3) is 0 Å². The van der Waals surface area contributed by atoms with E-state index >= 15 is 0 Å². The molecule has 0 aliphatic carbocycles. The van der Waals surface area contributed by atoms with Crippen LogP contribution in [0.3, 0.4) is 0 Å². The van der Waals surface area contributed by atoms with Gasteiger partial charge in [0, 0.05) is 6.54 Å². The average molecular weight is 214 g/mol. The summed E-state index contributed by atoms with van der Waals surface area (Å²) in [5.41, 5.74) is 3.18. The summed E-state index contributed by atoms with van der Waals surface area (Å²) in [6.07, 6.45) is 5.03. The molecule has 0 N–H and O–H groups in total. The molecule has 2 rings (SSSR count). The van der Waals surface area contributed by atoms with E-state index in [0.29, 0.717) is 5.69 Å². The zero-order chi connectivity index (χ0) is 11.4. The summed E-state index contributed by atoms with van der Waals surface area (Å²) >= 11 is 0. The Morgan fingerprint density at radius 2 is 2.31 bits per heavy atom. The van der Waals surface area contributed by atoms with Gasteiger partial charge in [0.1, 0.15) is 5.69 Å². The van der Waals surface area contributed by atoms with E-state index in [1.807, 2.05) is 4.57 Å². The number of benzene rings is 1. The number of aromatic nitrogens is 2. The highest BCUT2D eigenvalue weighted by molar-refractivity contribution is 5.71. The highest BCUT2D eigenvalue weighted by atomic mass is 16.1. The third-order valence-electron chi connectivity index (χ3n) is 2.59. The lowest BCUT2D eigenvalue weighted by Crippen LogP contribution is -2.03. The van der Waals surface area contributed by atoms with Gasteiger partial charge in [-0.25, -0.2) is 4.98 Å². The van der Waals surface area contributed by atoms with Crippen molar-refractivity contribution in [1.29, 1.82) is 0 Å². The van der Waals surface area contributed by atoms with Crippen molar-refractivity contribution in [3.05, 3.63) is 53.6 Å². The van der Waals surface area contributed by atoms with E-state index in [0.717, 1.165) is 19.3 Å². The first-order chi connectivity index (χ1) is 7.79. The predicted octanol–water partition coefficient (Wildman–Crippen LogP) is 2.25. The number of nitrogens with zero attached hydrogens (tertiary/aromatic N) is 2. The molecular weight excluding hydrogens is 200 g/mol. The SMILES string of the molecule is Cc1cccc(CCn2cncc2C=O)c1. The van der Waals surface area contributed by atoms with Gasteiger partial charge < -0.3 is 4.57 Å².